The van der Waals surface area contributed by atoms with Crippen LogP contribution in [0.1, 0.15) is 22.6 Å². The van der Waals surface area contributed by atoms with Gasteiger partial charge in [0.2, 0.25) is 0 Å². The van der Waals surface area contributed by atoms with Gasteiger partial charge in [0.15, 0.2) is 0 Å². The number of anilines is 1. The molecule has 0 bridgehead atoms. The number of aromatic nitrogens is 1. The Hall–Kier alpha value is -2.35. The van der Waals surface area contributed by atoms with E-state index in [4.69, 9.17) is 0 Å². The smallest absolute Gasteiger partial charge is 0.0500 e. The van der Waals surface area contributed by atoms with Crippen LogP contribution < -0.4 is 5.32 Å². The van der Waals surface area contributed by atoms with Crippen LogP contribution in [0.5, 0.6) is 0 Å². The first-order valence-corrected chi connectivity index (χ1v) is 6.32. The van der Waals surface area contributed by atoms with Crippen molar-refractivity contribution in [2.45, 2.75) is 12.8 Å². The summed E-state index contributed by atoms with van der Waals surface area (Å²) < 4.78 is 0. The molecular formula is C17H16N2. The van der Waals surface area contributed by atoms with Gasteiger partial charge in [-0.2, -0.15) is 0 Å². The first-order valence-electron chi connectivity index (χ1n) is 6.32. The molecule has 0 amide bonds. The first-order chi connectivity index (χ1) is 9.16. The van der Waals surface area contributed by atoms with Crippen LogP contribution in [-0.4, -0.2) is 4.98 Å². The Labute approximate surface area is 113 Å². The maximum absolute atomic E-state index is 4.28. The molecule has 1 aliphatic rings. The fraction of sp³-hybridized carbons (Fsp3) is 0.118. The second-order valence-corrected chi connectivity index (χ2v) is 4.94. The van der Waals surface area contributed by atoms with Gasteiger partial charge in [0.1, 0.15) is 0 Å². The summed E-state index contributed by atoms with van der Waals surface area (Å²) in [5.41, 5.74) is 6.64. The highest BCUT2D eigenvalue weighted by Gasteiger charge is 2.26. The molecule has 1 atom stereocenters. The number of rotatable bonds is 1. The summed E-state index contributed by atoms with van der Waals surface area (Å²) in [5.74, 6) is 0.0861. The maximum Gasteiger partial charge on any atom is 0.0500 e. The lowest BCUT2D eigenvalue weighted by atomic mass is 9.82. The number of hydrogen-bond acceptors (Lipinski definition) is 2. The van der Waals surface area contributed by atoms with Crippen LogP contribution in [-0.2, 0) is 0 Å². The van der Waals surface area contributed by atoms with Gasteiger partial charge in [0.05, 0.1) is 5.92 Å². The van der Waals surface area contributed by atoms with Crippen molar-refractivity contribution in [3.05, 3.63) is 78.3 Å². The average Bonchev–Trinajstić information content (AvgIpc) is 2.41. The number of fused-ring (bicyclic) bond motifs is 1. The van der Waals surface area contributed by atoms with E-state index in [2.05, 4.69) is 54.6 Å². The van der Waals surface area contributed by atoms with E-state index in [1.807, 2.05) is 12.3 Å². The van der Waals surface area contributed by atoms with Gasteiger partial charge in [-0.1, -0.05) is 30.9 Å². The summed E-state index contributed by atoms with van der Waals surface area (Å²) in [6, 6.07) is 10.4. The molecule has 2 heteroatoms. The molecule has 0 radical (unpaired) electrons. The van der Waals surface area contributed by atoms with Crippen LogP contribution in [0.15, 0.2) is 61.6 Å². The second-order valence-electron chi connectivity index (χ2n) is 4.94. The predicted octanol–water partition coefficient (Wildman–Crippen LogP) is 4.13. The van der Waals surface area contributed by atoms with E-state index in [-0.39, 0.29) is 5.92 Å². The van der Waals surface area contributed by atoms with Crippen LogP contribution in [0, 0.1) is 6.92 Å². The van der Waals surface area contributed by atoms with Crippen molar-refractivity contribution in [3.8, 4) is 0 Å². The van der Waals surface area contributed by atoms with Crippen LogP contribution in [0.4, 0.5) is 5.69 Å². The molecule has 0 saturated heterocycles. The third-order valence-electron chi connectivity index (χ3n) is 3.53. The molecule has 3 rings (SSSR count). The fourth-order valence-electron chi connectivity index (χ4n) is 2.59. The number of allylic oxidation sites excluding steroid dienone is 1. The van der Waals surface area contributed by atoms with Crippen molar-refractivity contribution in [3.63, 3.8) is 0 Å². The van der Waals surface area contributed by atoms with Gasteiger partial charge < -0.3 is 5.32 Å². The van der Waals surface area contributed by atoms with Crippen molar-refractivity contribution in [2.75, 3.05) is 5.32 Å². The van der Waals surface area contributed by atoms with Gasteiger partial charge >= 0.3 is 0 Å². The molecule has 1 aliphatic heterocycles. The van der Waals surface area contributed by atoms with E-state index in [0.29, 0.717) is 0 Å². The van der Waals surface area contributed by atoms with Crippen molar-refractivity contribution in [1.29, 1.82) is 0 Å². The molecule has 1 unspecified atom stereocenters. The summed E-state index contributed by atoms with van der Waals surface area (Å²) in [4.78, 5) is 4.19. The lowest BCUT2D eigenvalue weighted by Crippen LogP contribution is -2.17. The number of aryl methyl sites for hydroxylation is 1. The lowest BCUT2D eigenvalue weighted by molar-refractivity contribution is 0.987. The highest BCUT2D eigenvalue weighted by Crippen LogP contribution is 2.43. The molecule has 0 saturated carbocycles. The van der Waals surface area contributed by atoms with Gasteiger partial charge in [-0.15, -0.1) is 0 Å². The molecular weight excluding hydrogens is 232 g/mol. The minimum absolute atomic E-state index is 0.0861. The van der Waals surface area contributed by atoms with E-state index >= 15 is 0 Å². The SMILES string of the molecule is C=C1Nc2ccc(C)cc2C(=C)C1c1cccnc1. The second kappa shape index (κ2) is 4.39. The van der Waals surface area contributed by atoms with E-state index in [0.717, 1.165) is 22.5 Å². The quantitative estimate of drug-likeness (QED) is 0.821. The van der Waals surface area contributed by atoms with Crippen molar-refractivity contribution in [1.82, 2.24) is 4.98 Å². The summed E-state index contributed by atoms with van der Waals surface area (Å²) in [6.45, 7) is 10.5. The Morgan fingerprint density at radius 2 is 2.05 bits per heavy atom. The zero-order chi connectivity index (χ0) is 13.4. The van der Waals surface area contributed by atoms with E-state index < -0.39 is 0 Å². The third kappa shape index (κ3) is 1.95. The van der Waals surface area contributed by atoms with E-state index in [1.54, 1.807) is 6.20 Å². The largest absolute Gasteiger partial charge is 0.358 e. The van der Waals surface area contributed by atoms with Crippen molar-refractivity contribution < 1.29 is 0 Å². The Morgan fingerprint density at radius 1 is 1.21 bits per heavy atom. The zero-order valence-electron chi connectivity index (χ0n) is 11.0. The van der Waals surface area contributed by atoms with Gasteiger partial charge in [0.25, 0.3) is 0 Å². The highest BCUT2D eigenvalue weighted by molar-refractivity contribution is 5.86. The molecule has 1 aromatic heterocycles. The van der Waals surface area contributed by atoms with Gasteiger partial charge in [-0.3, -0.25) is 4.98 Å². The van der Waals surface area contributed by atoms with Crippen LogP contribution >= 0.6 is 0 Å². The molecule has 0 fully saturated rings. The standard InChI is InChI=1S/C17H16N2/c1-11-6-7-16-15(9-11)12(2)17(13(3)19-16)14-5-4-8-18-10-14/h4-10,17,19H,2-3H2,1H3. The van der Waals surface area contributed by atoms with Crippen LogP contribution in [0.25, 0.3) is 5.57 Å². The number of hydrogen-bond donors (Lipinski definition) is 1. The molecule has 19 heavy (non-hydrogen) atoms. The average molecular weight is 248 g/mol. The first kappa shape index (κ1) is 11.7. The summed E-state index contributed by atoms with van der Waals surface area (Å²) >= 11 is 0. The number of nitrogens with zero attached hydrogens (tertiary/aromatic N) is 1. The molecule has 1 N–H and O–H groups in total. The van der Waals surface area contributed by atoms with Crippen LogP contribution in [0.2, 0.25) is 0 Å². The summed E-state index contributed by atoms with van der Waals surface area (Å²) in [7, 11) is 0. The van der Waals surface area contributed by atoms with E-state index in [1.165, 1.54) is 11.1 Å². The number of nitrogens with one attached hydrogen (secondary N) is 1. The minimum Gasteiger partial charge on any atom is -0.358 e. The summed E-state index contributed by atoms with van der Waals surface area (Å²) in [5, 5.41) is 3.38. The molecule has 2 nitrogen and oxygen atoms in total. The zero-order valence-corrected chi connectivity index (χ0v) is 11.0. The number of benzene rings is 1. The molecule has 2 aromatic rings. The monoisotopic (exact) mass is 248 g/mol. The Balaban J connectivity index is 2.10. The van der Waals surface area contributed by atoms with Crippen LogP contribution in [0.3, 0.4) is 0 Å². The molecule has 1 aromatic carbocycles. The highest BCUT2D eigenvalue weighted by atomic mass is 14.9. The van der Waals surface area contributed by atoms with Gasteiger partial charge in [0, 0.05) is 29.3 Å². The Bertz CT molecular complexity index is 656. The molecule has 0 aliphatic carbocycles. The molecule has 0 spiro atoms. The normalized spacial score (nSPS) is 17.8. The lowest BCUT2D eigenvalue weighted by Gasteiger charge is -2.31. The Kier molecular flexibility index (Phi) is 2.71. The number of pyridine rings is 1. The fourth-order valence-corrected chi connectivity index (χ4v) is 2.59. The van der Waals surface area contributed by atoms with Crippen molar-refractivity contribution in [2.24, 2.45) is 0 Å². The molecule has 94 valence electrons. The van der Waals surface area contributed by atoms with Gasteiger partial charge in [-0.05, 0) is 36.3 Å². The minimum atomic E-state index is 0.0861. The van der Waals surface area contributed by atoms with Crippen molar-refractivity contribution >= 4 is 11.3 Å². The van der Waals surface area contributed by atoms with E-state index in [9.17, 15) is 0 Å². The topological polar surface area (TPSA) is 24.9 Å². The molecule has 2 heterocycles. The summed E-state index contributed by atoms with van der Waals surface area (Å²) in [6.07, 6.45) is 3.66. The Morgan fingerprint density at radius 3 is 2.79 bits per heavy atom. The third-order valence-corrected chi connectivity index (χ3v) is 3.53. The maximum atomic E-state index is 4.28. The van der Waals surface area contributed by atoms with Gasteiger partial charge in [-0.25, -0.2) is 0 Å². The predicted molar refractivity (Wildman–Crippen MR) is 80.0 cm³/mol.